The number of rotatable bonds is 2. The molecule has 2 rings (SSSR count). The number of hydroxylamine groups is 1. The van der Waals surface area contributed by atoms with Crippen LogP contribution in [0.5, 0.6) is 0 Å². The average molecular weight is 249 g/mol. The maximum Gasteiger partial charge on any atom is 0.326 e. The molecule has 1 aliphatic heterocycles. The van der Waals surface area contributed by atoms with Gasteiger partial charge in [0.05, 0.1) is 5.54 Å². The summed E-state index contributed by atoms with van der Waals surface area (Å²) >= 11 is 0. The number of para-hydroxylation sites is 1. The van der Waals surface area contributed by atoms with E-state index in [1.807, 2.05) is 44.2 Å². The number of hydrogen-bond donors (Lipinski definition) is 2. The molecule has 0 aliphatic carbocycles. The van der Waals surface area contributed by atoms with Gasteiger partial charge in [0.15, 0.2) is 0 Å². The normalized spacial score (nSPS) is 26.8. The van der Waals surface area contributed by atoms with E-state index in [9.17, 15) is 10.0 Å². The van der Waals surface area contributed by atoms with E-state index in [1.54, 1.807) is 23.8 Å². The van der Waals surface area contributed by atoms with Gasteiger partial charge in [-0.15, -0.1) is 0 Å². The quantitative estimate of drug-likeness (QED) is 0.788. The van der Waals surface area contributed by atoms with Crippen LogP contribution in [0.1, 0.15) is 20.8 Å². The number of anilines is 1. The van der Waals surface area contributed by atoms with Crippen LogP contribution in [0.2, 0.25) is 0 Å². The number of urea groups is 1. The average Bonchev–Trinajstić information content (AvgIpc) is 2.50. The first-order chi connectivity index (χ1) is 8.36. The highest BCUT2D eigenvalue weighted by molar-refractivity contribution is 5.97. The smallest absolute Gasteiger partial charge is 0.318 e. The predicted octanol–water partition coefficient (Wildman–Crippen LogP) is 2.03. The molecular weight excluding hydrogens is 230 g/mol. The summed E-state index contributed by atoms with van der Waals surface area (Å²) in [6, 6.07) is 9.18. The Bertz CT molecular complexity index is 461. The lowest BCUT2D eigenvalue weighted by Crippen LogP contribution is -2.64. The van der Waals surface area contributed by atoms with Gasteiger partial charge in [-0.2, -0.15) is 5.48 Å². The Labute approximate surface area is 107 Å². The van der Waals surface area contributed by atoms with Gasteiger partial charge < -0.3 is 10.1 Å². The molecule has 98 valence electrons. The van der Waals surface area contributed by atoms with Gasteiger partial charge in [0, 0.05) is 12.7 Å². The molecule has 1 heterocycles. The molecule has 2 N–H and O–H groups in total. The van der Waals surface area contributed by atoms with Crippen LogP contribution in [0.3, 0.4) is 0 Å². The maximum absolute atomic E-state index is 12.4. The number of likely N-dealkylation sites (N-methyl/N-ethyl adjacent to an activating group) is 1. The van der Waals surface area contributed by atoms with E-state index in [2.05, 4.69) is 5.48 Å². The molecule has 0 radical (unpaired) electrons. The van der Waals surface area contributed by atoms with E-state index in [0.717, 1.165) is 5.69 Å². The first kappa shape index (κ1) is 12.9. The summed E-state index contributed by atoms with van der Waals surface area (Å²) in [6.45, 7) is 5.63. The van der Waals surface area contributed by atoms with Crippen molar-refractivity contribution in [1.29, 1.82) is 0 Å². The van der Waals surface area contributed by atoms with Gasteiger partial charge >= 0.3 is 6.03 Å². The number of nitrogens with zero attached hydrogens (tertiary/aromatic N) is 2. The third-order valence-electron chi connectivity index (χ3n) is 4.19. The molecule has 0 saturated carbocycles. The molecular formula is C13H19N3O2. The molecule has 18 heavy (non-hydrogen) atoms. The minimum absolute atomic E-state index is 0.143. The van der Waals surface area contributed by atoms with Crippen LogP contribution in [0.4, 0.5) is 10.5 Å². The van der Waals surface area contributed by atoms with Gasteiger partial charge in [0.2, 0.25) is 0 Å². The number of nitrogens with one attached hydrogen (secondary N) is 1. The monoisotopic (exact) mass is 249 g/mol. The second kappa shape index (κ2) is 3.96. The van der Waals surface area contributed by atoms with Crippen molar-refractivity contribution in [2.24, 2.45) is 0 Å². The van der Waals surface area contributed by atoms with Gasteiger partial charge in [0.25, 0.3) is 0 Å². The van der Waals surface area contributed by atoms with Crippen molar-refractivity contribution in [2.75, 3.05) is 11.9 Å². The highest BCUT2D eigenvalue weighted by Crippen LogP contribution is 2.41. The summed E-state index contributed by atoms with van der Waals surface area (Å²) in [6.07, 6.45) is 0. The standard InChI is InChI=1S/C13H19N3O2/c1-12(2)13(3,14-18)16(11(17)15(12)4)10-8-6-5-7-9-10/h5-9,14,18H,1-4H3. The fraction of sp³-hybridized carbons (Fsp3) is 0.462. The Hall–Kier alpha value is -1.59. The van der Waals surface area contributed by atoms with Gasteiger partial charge in [0.1, 0.15) is 5.66 Å². The lowest BCUT2D eigenvalue weighted by molar-refractivity contribution is 0.0171. The van der Waals surface area contributed by atoms with Crippen molar-refractivity contribution in [3.63, 3.8) is 0 Å². The summed E-state index contributed by atoms with van der Waals surface area (Å²) in [4.78, 5) is 15.6. The molecule has 1 fully saturated rings. The van der Waals surface area contributed by atoms with E-state index in [0.29, 0.717) is 0 Å². The van der Waals surface area contributed by atoms with Gasteiger partial charge in [-0.25, -0.2) is 4.79 Å². The van der Waals surface area contributed by atoms with Gasteiger partial charge in [-0.3, -0.25) is 4.90 Å². The van der Waals surface area contributed by atoms with Crippen molar-refractivity contribution in [1.82, 2.24) is 10.4 Å². The van der Waals surface area contributed by atoms with Crippen LogP contribution in [0.25, 0.3) is 0 Å². The molecule has 1 aromatic rings. The van der Waals surface area contributed by atoms with E-state index in [1.165, 1.54) is 0 Å². The summed E-state index contributed by atoms with van der Waals surface area (Å²) < 4.78 is 0. The number of hydrogen-bond acceptors (Lipinski definition) is 3. The van der Waals surface area contributed by atoms with Crippen LogP contribution < -0.4 is 10.4 Å². The number of amides is 2. The van der Waals surface area contributed by atoms with Gasteiger partial charge in [-0.05, 0) is 32.9 Å². The first-order valence-electron chi connectivity index (χ1n) is 5.90. The second-order valence-corrected chi connectivity index (χ2v) is 5.26. The molecule has 1 aromatic carbocycles. The van der Waals surface area contributed by atoms with Crippen LogP contribution >= 0.6 is 0 Å². The number of carbonyl (C=O) groups excluding carboxylic acids is 1. The van der Waals surface area contributed by atoms with Crippen molar-refractivity contribution in [3.05, 3.63) is 30.3 Å². The van der Waals surface area contributed by atoms with Crippen LogP contribution in [0, 0.1) is 0 Å². The fourth-order valence-electron chi connectivity index (χ4n) is 2.31. The minimum atomic E-state index is -0.889. The number of benzene rings is 1. The summed E-state index contributed by atoms with van der Waals surface area (Å²) in [5.74, 6) is 0. The van der Waals surface area contributed by atoms with E-state index in [4.69, 9.17) is 0 Å². The Morgan fingerprint density at radius 1 is 1.17 bits per heavy atom. The van der Waals surface area contributed by atoms with Crippen LogP contribution in [0.15, 0.2) is 30.3 Å². The predicted molar refractivity (Wildman–Crippen MR) is 69.5 cm³/mol. The number of carbonyl (C=O) groups is 1. The molecule has 1 aliphatic rings. The molecule has 5 heteroatoms. The second-order valence-electron chi connectivity index (χ2n) is 5.26. The Morgan fingerprint density at radius 2 is 1.72 bits per heavy atom. The van der Waals surface area contributed by atoms with Crippen molar-refractivity contribution < 1.29 is 10.0 Å². The highest BCUT2D eigenvalue weighted by atomic mass is 16.5. The maximum atomic E-state index is 12.4. The molecule has 0 bridgehead atoms. The highest BCUT2D eigenvalue weighted by Gasteiger charge is 2.59. The third kappa shape index (κ3) is 1.44. The van der Waals surface area contributed by atoms with E-state index < -0.39 is 11.2 Å². The fourth-order valence-corrected chi connectivity index (χ4v) is 2.31. The van der Waals surface area contributed by atoms with Gasteiger partial charge in [-0.1, -0.05) is 18.2 Å². The Balaban J connectivity index is 2.56. The SMILES string of the molecule is CN1C(=O)N(c2ccccc2)C(C)(NO)C1(C)C. The molecule has 0 aromatic heterocycles. The minimum Gasteiger partial charge on any atom is -0.318 e. The molecule has 1 saturated heterocycles. The van der Waals surface area contributed by atoms with Crippen LogP contribution in [-0.2, 0) is 0 Å². The summed E-state index contributed by atoms with van der Waals surface area (Å²) in [7, 11) is 1.74. The topological polar surface area (TPSA) is 55.8 Å². The zero-order chi connectivity index (χ0) is 13.6. The lowest BCUT2D eigenvalue weighted by Gasteiger charge is -2.42. The molecule has 1 unspecified atom stereocenters. The first-order valence-corrected chi connectivity index (χ1v) is 5.90. The molecule has 0 spiro atoms. The molecule has 1 atom stereocenters. The summed E-state index contributed by atoms with van der Waals surface area (Å²) in [5, 5.41) is 9.56. The Kier molecular flexibility index (Phi) is 2.83. The van der Waals surface area contributed by atoms with Crippen molar-refractivity contribution in [2.45, 2.75) is 32.0 Å². The lowest BCUT2D eigenvalue weighted by atomic mass is 9.89. The zero-order valence-corrected chi connectivity index (χ0v) is 11.1. The molecule has 5 nitrogen and oxygen atoms in total. The van der Waals surface area contributed by atoms with E-state index in [-0.39, 0.29) is 6.03 Å². The largest absolute Gasteiger partial charge is 0.326 e. The van der Waals surface area contributed by atoms with E-state index >= 15 is 0 Å². The van der Waals surface area contributed by atoms with Crippen molar-refractivity contribution in [3.8, 4) is 0 Å². The third-order valence-corrected chi connectivity index (χ3v) is 4.19. The molecule has 2 amide bonds. The van der Waals surface area contributed by atoms with Crippen molar-refractivity contribution >= 4 is 11.7 Å². The Morgan fingerprint density at radius 3 is 2.22 bits per heavy atom. The summed E-state index contributed by atoms with van der Waals surface area (Å²) in [5.41, 5.74) is 1.62. The zero-order valence-electron chi connectivity index (χ0n) is 11.1. The van der Waals surface area contributed by atoms with Crippen LogP contribution in [-0.4, -0.2) is 34.4 Å².